The second-order valence-corrected chi connectivity index (χ2v) is 8.18. The minimum absolute atomic E-state index is 0.226. The molecular weight excluding hydrogens is 344 g/mol. The Bertz CT molecular complexity index is 651. The maximum absolute atomic E-state index is 12.3. The summed E-state index contributed by atoms with van der Waals surface area (Å²) in [6.45, 7) is 4.98. The molecule has 1 aromatic rings. The molecule has 142 valence electrons. The number of benzene rings is 1. The molecule has 7 nitrogen and oxygen atoms in total. The van der Waals surface area contributed by atoms with Crippen molar-refractivity contribution in [3.63, 3.8) is 0 Å². The number of hydrogen-bond donors (Lipinski definition) is 1. The quantitative estimate of drug-likeness (QED) is 0.676. The van der Waals surface area contributed by atoms with Crippen molar-refractivity contribution in [3.05, 3.63) is 23.8 Å². The van der Waals surface area contributed by atoms with E-state index in [1.807, 2.05) is 13.8 Å². The third-order valence-corrected chi connectivity index (χ3v) is 4.99. The van der Waals surface area contributed by atoms with E-state index in [2.05, 4.69) is 5.32 Å². The smallest absolute Gasteiger partial charge is 0.251 e. The van der Waals surface area contributed by atoms with Gasteiger partial charge in [0.05, 0.1) is 20.5 Å². The Morgan fingerprint density at radius 1 is 1.12 bits per heavy atom. The number of carbonyl (C=O) groups is 1. The first-order chi connectivity index (χ1) is 11.7. The van der Waals surface area contributed by atoms with E-state index in [1.165, 1.54) is 24.8 Å². The average molecular weight is 372 g/mol. The van der Waals surface area contributed by atoms with Gasteiger partial charge in [0.1, 0.15) is 11.5 Å². The van der Waals surface area contributed by atoms with Crippen LogP contribution in [0.15, 0.2) is 18.2 Å². The average Bonchev–Trinajstić information content (AvgIpc) is 2.55. The van der Waals surface area contributed by atoms with Gasteiger partial charge in [0, 0.05) is 31.3 Å². The highest BCUT2D eigenvalue weighted by molar-refractivity contribution is 7.88. The summed E-state index contributed by atoms with van der Waals surface area (Å²) in [6.07, 6.45) is 1.95. The molecule has 1 N–H and O–H groups in total. The van der Waals surface area contributed by atoms with Crippen LogP contribution in [0, 0.1) is 5.92 Å². The van der Waals surface area contributed by atoms with Crippen molar-refractivity contribution in [1.82, 2.24) is 9.62 Å². The monoisotopic (exact) mass is 372 g/mol. The van der Waals surface area contributed by atoms with Crippen LogP contribution in [-0.4, -0.2) is 58.7 Å². The van der Waals surface area contributed by atoms with E-state index in [-0.39, 0.29) is 19.0 Å². The number of rotatable bonds is 10. The van der Waals surface area contributed by atoms with Gasteiger partial charge >= 0.3 is 0 Å². The molecule has 0 heterocycles. The van der Waals surface area contributed by atoms with Crippen molar-refractivity contribution in [2.24, 2.45) is 5.92 Å². The molecule has 0 aliphatic heterocycles. The Balaban J connectivity index is 2.68. The molecule has 0 aromatic heterocycles. The molecule has 0 aliphatic carbocycles. The lowest BCUT2D eigenvalue weighted by Gasteiger charge is -2.21. The number of methoxy groups -OCH3 is 2. The van der Waals surface area contributed by atoms with E-state index in [1.54, 1.807) is 18.2 Å². The van der Waals surface area contributed by atoms with Crippen LogP contribution in [0.4, 0.5) is 0 Å². The van der Waals surface area contributed by atoms with Gasteiger partial charge in [-0.15, -0.1) is 0 Å². The van der Waals surface area contributed by atoms with E-state index in [9.17, 15) is 13.2 Å². The Hall–Kier alpha value is -1.80. The Morgan fingerprint density at radius 3 is 2.12 bits per heavy atom. The fourth-order valence-corrected chi connectivity index (χ4v) is 3.04. The van der Waals surface area contributed by atoms with Gasteiger partial charge in [0.2, 0.25) is 10.0 Å². The number of hydrogen-bond acceptors (Lipinski definition) is 5. The van der Waals surface area contributed by atoms with Gasteiger partial charge < -0.3 is 14.8 Å². The van der Waals surface area contributed by atoms with Crippen molar-refractivity contribution in [1.29, 1.82) is 0 Å². The first-order valence-electron chi connectivity index (χ1n) is 8.13. The van der Waals surface area contributed by atoms with Crippen molar-refractivity contribution < 1.29 is 22.7 Å². The van der Waals surface area contributed by atoms with Crippen molar-refractivity contribution >= 4 is 15.9 Å². The fraction of sp³-hybridized carbons (Fsp3) is 0.588. The van der Waals surface area contributed by atoms with E-state index in [0.29, 0.717) is 29.5 Å². The molecule has 0 bridgehead atoms. The molecule has 0 aliphatic rings. The number of nitrogens with one attached hydrogen (secondary N) is 1. The Labute approximate surface area is 150 Å². The summed E-state index contributed by atoms with van der Waals surface area (Å²) < 4.78 is 35.3. The van der Waals surface area contributed by atoms with Crippen LogP contribution < -0.4 is 14.8 Å². The zero-order valence-corrected chi connectivity index (χ0v) is 16.4. The highest BCUT2D eigenvalue weighted by Crippen LogP contribution is 2.22. The van der Waals surface area contributed by atoms with Crippen LogP contribution in [0.1, 0.15) is 30.6 Å². The summed E-state index contributed by atoms with van der Waals surface area (Å²) >= 11 is 0. The molecule has 1 amide bonds. The molecule has 0 saturated heterocycles. The first-order valence-corrected chi connectivity index (χ1v) is 9.98. The van der Waals surface area contributed by atoms with E-state index < -0.39 is 10.0 Å². The number of amides is 1. The van der Waals surface area contributed by atoms with Crippen LogP contribution in [0.2, 0.25) is 0 Å². The molecule has 0 radical (unpaired) electrons. The maximum atomic E-state index is 12.3. The van der Waals surface area contributed by atoms with Crippen LogP contribution >= 0.6 is 0 Å². The van der Waals surface area contributed by atoms with Crippen LogP contribution in [0.25, 0.3) is 0 Å². The van der Waals surface area contributed by atoms with Gasteiger partial charge in [-0.05, 0) is 24.5 Å². The zero-order valence-electron chi connectivity index (χ0n) is 15.5. The second-order valence-electron chi connectivity index (χ2n) is 6.20. The fourth-order valence-electron chi connectivity index (χ4n) is 2.18. The minimum Gasteiger partial charge on any atom is -0.497 e. The van der Waals surface area contributed by atoms with Gasteiger partial charge in [0.25, 0.3) is 5.91 Å². The molecule has 0 unspecified atom stereocenters. The van der Waals surface area contributed by atoms with Crippen LogP contribution in [0.3, 0.4) is 0 Å². The standard InChI is InChI=1S/C17H28N2O5S/c1-13(2)6-8-19(25(5,21)22)9-7-18-17(20)14-10-15(23-3)12-16(11-14)24-4/h10-13H,6-9H2,1-5H3,(H,18,20). The van der Waals surface area contributed by atoms with Crippen molar-refractivity contribution in [2.45, 2.75) is 20.3 Å². The highest BCUT2D eigenvalue weighted by Gasteiger charge is 2.17. The number of carbonyl (C=O) groups excluding carboxylic acids is 1. The summed E-state index contributed by atoms with van der Waals surface area (Å²) in [7, 11) is -0.284. The normalized spacial score (nSPS) is 11.6. The van der Waals surface area contributed by atoms with Gasteiger partial charge in [-0.2, -0.15) is 0 Å². The van der Waals surface area contributed by atoms with Gasteiger partial charge in [-0.1, -0.05) is 13.8 Å². The second kappa shape index (κ2) is 9.62. The predicted molar refractivity (Wildman–Crippen MR) is 97.8 cm³/mol. The summed E-state index contributed by atoms with van der Waals surface area (Å²) in [4.78, 5) is 12.3. The largest absolute Gasteiger partial charge is 0.497 e. The molecule has 25 heavy (non-hydrogen) atoms. The molecule has 0 fully saturated rings. The lowest BCUT2D eigenvalue weighted by Crippen LogP contribution is -2.38. The lowest BCUT2D eigenvalue weighted by atomic mass is 10.1. The zero-order chi connectivity index (χ0) is 19.0. The molecule has 0 spiro atoms. The van der Waals surface area contributed by atoms with Gasteiger partial charge in [0.15, 0.2) is 0 Å². The summed E-state index contributed by atoms with van der Waals surface area (Å²) in [5.74, 6) is 1.12. The molecular formula is C17H28N2O5S. The predicted octanol–water partition coefficient (Wildman–Crippen LogP) is 1.74. The van der Waals surface area contributed by atoms with E-state index in [4.69, 9.17) is 9.47 Å². The third kappa shape index (κ3) is 7.31. The van der Waals surface area contributed by atoms with E-state index >= 15 is 0 Å². The van der Waals surface area contributed by atoms with E-state index in [0.717, 1.165) is 6.42 Å². The molecule has 1 rings (SSSR count). The number of sulfonamides is 1. The number of nitrogens with zero attached hydrogens (tertiary/aromatic N) is 1. The summed E-state index contributed by atoms with van der Waals surface area (Å²) in [5, 5.41) is 2.74. The van der Waals surface area contributed by atoms with Crippen molar-refractivity contribution in [2.75, 3.05) is 40.1 Å². The maximum Gasteiger partial charge on any atom is 0.251 e. The molecule has 8 heteroatoms. The topological polar surface area (TPSA) is 84.9 Å². The lowest BCUT2D eigenvalue weighted by molar-refractivity contribution is 0.0950. The summed E-state index contributed by atoms with van der Waals surface area (Å²) in [5.41, 5.74) is 0.393. The third-order valence-electron chi connectivity index (χ3n) is 3.69. The molecule has 0 saturated carbocycles. The van der Waals surface area contributed by atoms with Gasteiger partial charge in [-0.25, -0.2) is 12.7 Å². The van der Waals surface area contributed by atoms with Crippen LogP contribution in [-0.2, 0) is 10.0 Å². The Kier molecular flexibility index (Phi) is 8.18. The molecule has 1 aromatic carbocycles. The Morgan fingerprint density at radius 2 is 1.68 bits per heavy atom. The van der Waals surface area contributed by atoms with Crippen LogP contribution in [0.5, 0.6) is 11.5 Å². The first kappa shape index (κ1) is 21.2. The molecule has 0 atom stereocenters. The SMILES string of the molecule is COc1cc(OC)cc(C(=O)NCCN(CCC(C)C)S(C)(=O)=O)c1. The van der Waals surface area contributed by atoms with Gasteiger partial charge in [-0.3, -0.25) is 4.79 Å². The van der Waals surface area contributed by atoms with Crippen molar-refractivity contribution in [3.8, 4) is 11.5 Å². The highest BCUT2D eigenvalue weighted by atomic mass is 32.2. The summed E-state index contributed by atoms with van der Waals surface area (Å²) in [6, 6.07) is 4.88. The minimum atomic E-state index is -3.30. The number of ether oxygens (including phenoxy) is 2.